The number of hydrogen-bond donors (Lipinski definition) is 2. The minimum Gasteiger partial charge on any atom is -0.339 e. The zero-order valence-corrected chi connectivity index (χ0v) is 14.2. The van der Waals surface area contributed by atoms with E-state index in [1.807, 2.05) is 18.2 Å². The Hall–Kier alpha value is -2.08. The van der Waals surface area contributed by atoms with Crippen molar-refractivity contribution in [2.75, 3.05) is 6.54 Å². The molecule has 1 aromatic heterocycles. The van der Waals surface area contributed by atoms with Crippen LogP contribution in [0.3, 0.4) is 0 Å². The largest absolute Gasteiger partial charge is 0.339 e. The maximum absolute atomic E-state index is 11.9. The zero-order chi connectivity index (χ0) is 16.8. The first-order chi connectivity index (χ1) is 11.7. The molecule has 0 aliphatic heterocycles. The van der Waals surface area contributed by atoms with E-state index in [1.165, 1.54) is 19.3 Å². The van der Waals surface area contributed by atoms with Gasteiger partial charge >= 0.3 is 6.03 Å². The third kappa shape index (κ3) is 4.47. The summed E-state index contributed by atoms with van der Waals surface area (Å²) in [6, 6.07) is 7.51. The lowest BCUT2D eigenvalue weighted by Crippen LogP contribution is -2.43. The van der Waals surface area contributed by atoms with E-state index >= 15 is 0 Å². The van der Waals surface area contributed by atoms with Crippen LogP contribution < -0.4 is 10.6 Å². The monoisotopic (exact) mass is 348 g/mol. The summed E-state index contributed by atoms with van der Waals surface area (Å²) >= 11 is 6.12. The quantitative estimate of drug-likeness (QED) is 0.865. The van der Waals surface area contributed by atoms with Gasteiger partial charge in [-0.1, -0.05) is 48.2 Å². The van der Waals surface area contributed by atoms with Crippen LogP contribution in [0, 0.1) is 0 Å². The van der Waals surface area contributed by atoms with Gasteiger partial charge in [0.15, 0.2) is 0 Å². The van der Waals surface area contributed by atoms with Crippen LogP contribution in [0.1, 0.15) is 38.0 Å². The number of carbonyl (C=O) groups is 1. The van der Waals surface area contributed by atoms with Gasteiger partial charge in [-0.15, -0.1) is 0 Å². The van der Waals surface area contributed by atoms with Crippen molar-refractivity contribution in [2.45, 2.75) is 44.6 Å². The molecule has 0 bridgehead atoms. The molecular weight excluding hydrogens is 328 g/mol. The van der Waals surface area contributed by atoms with Gasteiger partial charge in [-0.05, 0) is 25.0 Å². The van der Waals surface area contributed by atoms with Gasteiger partial charge in [0.05, 0.1) is 5.02 Å². The summed E-state index contributed by atoms with van der Waals surface area (Å²) in [7, 11) is 0. The van der Waals surface area contributed by atoms with Gasteiger partial charge in [-0.3, -0.25) is 0 Å². The van der Waals surface area contributed by atoms with Crippen LogP contribution in [0.5, 0.6) is 0 Å². The van der Waals surface area contributed by atoms with Crippen LogP contribution in [-0.4, -0.2) is 28.8 Å². The fourth-order valence-corrected chi connectivity index (χ4v) is 3.09. The lowest BCUT2D eigenvalue weighted by atomic mass is 9.96. The molecule has 2 amide bonds. The van der Waals surface area contributed by atoms with Crippen LogP contribution in [0.25, 0.3) is 11.4 Å². The van der Waals surface area contributed by atoms with Crippen molar-refractivity contribution in [1.82, 2.24) is 20.8 Å². The van der Waals surface area contributed by atoms with Crippen LogP contribution in [-0.2, 0) is 6.42 Å². The Morgan fingerprint density at radius 2 is 2.04 bits per heavy atom. The Morgan fingerprint density at radius 3 is 2.83 bits per heavy atom. The lowest BCUT2D eigenvalue weighted by Gasteiger charge is -2.22. The molecule has 6 nitrogen and oxygen atoms in total. The van der Waals surface area contributed by atoms with Gasteiger partial charge < -0.3 is 15.2 Å². The maximum atomic E-state index is 11.9. The van der Waals surface area contributed by atoms with Gasteiger partial charge in [0.1, 0.15) is 0 Å². The summed E-state index contributed by atoms with van der Waals surface area (Å²) in [5.41, 5.74) is 0.733. The Bertz CT molecular complexity index is 683. The number of benzene rings is 1. The number of hydrogen-bond acceptors (Lipinski definition) is 4. The Kier molecular flexibility index (Phi) is 5.69. The summed E-state index contributed by atoms with van der Waals surface area (Å²) in [5, 5.41) is 10.4. The Labute approximate surface area is 146 Å². The second-order valence-electron chi connectivity index (χ2n) is 5.98. The Morgan fingerprint density at radius 1 is 1.25 bits per heavy atom. The van der Waals surface area contributed by atoms with Crippen molar-refractivity contribution in [3.63, 3.8) is 0 Å². The number of amides is 2. The first-order valence-electron chi connectivity index (χ1n) is 8.34. The van der Waals surface area contributed by atoms with Gasteiger partial charge in [-0.2, -0.15) is 4.98 Å². The molecule has 1 fully saturated rings. The molecule has 0 atom stereocenters. The molecule has 0 saturated heterocycles. The second-order valence-corrected chi connectivity index (χ2v) is 6.38. The van der Waals surface area contributed by atoms with E-state index in [0.717, 1.165) is 18.4 Å². The molecule has 2 aromatic rings. The fourth-order valence-electron chi connectivity index (χ4n) is 2.87. The third-order valence-corrected chi connectivity index (χ3v) is 4.48. The molecule has 1 aliphatic carbocycles. The first-order valence-corrected chi connectivity index (χ1v) is 8.72. The standard InChI is InChI=1S/C17H21ClN4O2/c18-14-9-5-4-8-13(14)16-21-15(24-22-16)10-11-19-17(23)20-12-6-2-1-3-7-12/h4-5,8-9,12H,1-3,6-7,10-11H2,(H2,19,20,23). The van der Waals surface area contributed by atoms with Crippen molar-refractivity contribution in [3.8, 4) is 11.4 Å². The maximum Gasteiger partial charge on any atom is 0.315 e. The van der Waals surface area contributed by atoms with Crippen LogP contribution in [0.2, 0.25) is 5.02 Å². The highest BCUT2D eigenvalue weighted by Gasteiger charge is 2.16. The minimum atomic E-state index is -0.132. The third-order valence-electron chi connectivity index (χ3n) is 4.15. The molecule has 1 heterocycles. The van der Waals surface area contributed by atoms with Crippen molar-refractivity contribution in [2.24, 2.45) is 0 Å². The van der Waals surface area contributed by atoms with E-state index in [0.29, 0.717) is 35.7 Å². The molecule has 1 aromatic carbocycles. The molecule has 7 heteroatoms. The normalized spacial score (nSPS) is 15.2. The Balaban J connectivity index is 1.45. The number of nitrogens with one attached hydrogen (secondary N) is 2. The molecule has 3 rings (SSSR count). The average molecular weight is 349 g/mol. The first kappa shape index (κ1) is 16.8. The SMILES string of the molecule is O=C(NCCc1nc(-c2ccccc2Cl)no1)NC1CCCCC1. The van der Waals surface area contributed by atoms with E-state index in [9.17, 15) is 4.79 Å². The minimum absolute atomic E-state index is 0.132. The highest BCUT2D eigenvalue weighted by molar-refractivity contribution is 6.33. The van der Waals surface area contributed by atoms with E-state index in [1.54, 1.807) is 6.07 Å². The van der Waals surface area contributed by atoms with Crippen LogP contribution in [0.4, 0.5) is 4.79 Å². The van der Waals surface area contributed by atoms with Gasteiger partial charge in [0, 0.05) is 24.6 Å². The molecule has 0 radical (unpaired) electrons. The summed E-state index contributed by atoms with van der Waals surface area (Å²) in [6.07, 6.45) is 6.27. The highest BCUT2D eigenvalue weighted by atomic mass is 35.5. The van der Waals surface area contributed by atoms with Crippen LogP contribution >= 0.6 is 11.6 Å². The number of urea groups is 1. The highest BCUT2D eigenvalue weighted by Crippen LogP contribution is 2.24. The number of carbonyl (C=O) groups excluding carboxylic acids is 1. The van der Waals surface area contributed by atoms with Gasteiger partial charge in [-0.25, -0.2) is 4.79 Å². The molecule has 1 saturated carbocycles. The molecular formula is C17H21ClN4O2. The second kappa shape index (κ2) is 8.15. The summed E-state index contributed by atoms with van der Waals surface area (Å²) in [5.74, 6) is 0.935. The smallest absolute Gasteiger partial charge is 0.315 e. The number of nitrogens with zero attached hydrogens (tertiary/aromatic N) is 2. The summed E-state index contributed by atoms with van der Waals surface area (Å²) < 4.78 is 5.21. The van der Waals surface area contributed by atoms with Crippen molar-refractivity contribution < 1.29 is 9.32 Å². The van der Waals surface area contributed by atoms with E-state index < -0.39 is 0 Å². The van der Waals surface area contributed by atoms with Crippen molar-refractivity contribution in [3.05, 3.63) is 35.2 Å². The lowest BCUT2D eigenvalue weighted by molar-refractivity contribution is 0.232. The topological polar surface area (TPSA) is 80.1 Å². The number of aromatic nitrogens is 2. The average Bonchev–Trinajstić information content (AvgIpc) is 3.05. The van der Waals surface area contributed by atoms with Crippen LogP contribution in [0.15, 0.2) is 28.8 Å². The van der Waals surface area contributed by atoms with Crippen molar-refractivity contribution in [1.29, 1.82) is 0 Å². The molecule has 0 spiro atoms. The predicted molar refractivity (Wildman–Crippen MR) is 91.9 cm³/mol. The molecule has 24 heavy (non-hydrogen) atoms. The van der Waals surface area contributed by atoms with Crippen molar-refractivity contribution >= 4 is 17.6 Å². The molecule has 128 valence electrons. The predicted octanol–water partition coefficient (Wildman–Crippen LogP) is 3.56. The number of rotatable bonds is 5. The zero-order valence-electron chi connectivity index (χ0n) is 13.4. The summed E-state index contributed by atoms with van der Waals surface area (Å²) in [4.78, 5) is 16.2. The molecule has 0 unspecified atom stereocenters. The van der Waals surface area contributed by atoms with Gasteiger partial charge in [0.25, 0.3) is 0 Å². The van der Waals surface area contributed by atoms with E-state index in [4.69, 9.17) is 16.1 Å². The van der Waals surface area contributed by atoms with E-state index in [2.05, 4.69) is 20.8 Å². The van der Waals surface area contributed by atoms with Gasteiger partial charge in [0.2, 0.25) is 11.7 Å². The number of halogens is 1. The molecule has 1 aliphatic rings. The molecule has 2 N–H and O–H groups in total. The summed E-state index contributed by atoms with van der Waals surface area (Å²) in [6.45, 7) is 0.447. The fraction of sp³-hybridized carbons (Fsp3) is 0.471. The van der Waals surface area contributed by atoms with E-state index in [-0.39, 0.29) is 6.03 Å².